The minimum Gasteiger partial charge on any atom is -0.497 e. The number of rotatable bonds is 4. The molecule has 21 heavy (non-hydrogen) atoms. The number of methoxy groups -OCH3 is 1. The molecule has 0 saturated heterocycles. The second-order valence-corrected chi connectivity index (χ2v) is 4.81. The maximum Gasteiger partial charge on any atom is 0.197 e. The number of fused-ring (bicyclic) bond motifs is 1. The van der Waals surface area contributed by atoms with Crippen molar-refractivity contribution < 1.29 is 13.9 Å². The molecule has 3 aromatic rings. The Labute approximate surface area is 123 Å². The average molecular weight is 280 g/mol. The van der Waals surface area contributed by atoms with Gasteiger partial charge in [-0.3, -0.25) is 4.79 Å². The Morgan fingerprint density at radius 2 is 1.95 bits per heavy atom. The van der Waals surface area contributed by atoms with Gasteiger partial charge in [-0.15, -0.1) is 0 Å². The lowest BCUT2D eigenvalue weighted by atomic mass is 9.99. The molecule has 3 nitrogen and oxygen atoms in total. The molecule has 1 heterocycles. The van der Waals surface area contributed by atoms with Crippen LogP contribution in [0.15, 0.2) is 52.9 Å². The van der Waals surface area contributed by atoms with E-state index in [0.717, 1.165) is 16.7 Å². The van der Waals surface area contributed by atoms with E-state index in [0.29, 0.717) is 23.3 Å². The van der Waals surface area contributed by atoms with Crippen molar-refractivity contribution in [3.8, 4) is 5.75 Å². The summed E-state index contributed by atoms with van der Waals surface area (Å²) in [5.74, 6) is 1.37. The van der Waals surface area contributed by atoms with Crippen molar-refractivity contribution in [2.75, 3.05) is 7.11 Å². The number of carbonyl (C=O) groups excluding carboxylic acids is 1. The van der Waals surface area contributed by atoms with Crippen molar-refractivity contribution in [2.24, 2.45) is 0 Å². The van der Waals surface area contributed by atoms with E-state index in [4.69, 9.17) is 9.15 Å². The number of aryl methyl sites for hydroxylation is 1. The first kappa shape index (κ1) is 13.4. The summed E-state index contributed by atoms with van der Waals surface area (Å²) in [7, 11) is 1.59. The Bertz CT molecular complexity index is 799. The molecule has 0 aliphatic heterocycles. The van der Waals surface area contributed by atoms with Crippen LogP contribution < -0.4 is 4.74 Å². The molecule has 0 aliphatic rings. The number of carbonyl (C=O) groups is 1. The fraction of sp³-hybridized carbons (Fsp3) is 0.167. The van der Waals surface area contributed by atoms with Gasteiger partial charge in [0.15, 0.2) is 5.78 Å². The van der Waals surface area contributed by atoms with Crippen LogP contribution in [0.1, 0.15) is 28.6 Å². The third-order valence-electron chi connectivity index (χ3n) is 3.55. The van der Waals surface area contributed by atoms with E-state index >= 15 is 0 Å². The summed E-state index contributed by atoms with van der Waals surface area (Å²) in [4.78, 5) is 12.9. The van der Waals surface area contributed by atoms with Gasteiger partial charge in [0.25, 0.3) is 0 Å². The number of ketones is 1. The zero-order valence-corrected chi connectivity index (χ0v) is 12.1. The lowest BCUT2D eigenvalue weighted by molar-refractivity contribution is 0.103. The second-order valence-electron chi connectivity index (χ2n) is 4.81. The molecule has 2 aromatic carbocycles. The van der Waals surface area contributed by atoms with Crippen LogP contribution in [0.5, 0.6) is 5.75 Å². The van der Waals surface area contributed by atoms with Gasteiger partial charge in [-0.1, -0.05) is 37.3 Å². The van der Waals surface area contributed by atoms with Crippen LogP contribution in [0.4, 0.5) is 0 Å². The zero-order chi connectivity index (χ0) is 14.8. The van der Waals surface area contributed by atoms with Gasteiger partial charge in [0.05, 0.1) is 12.7 Å². The topological polar surface area (TPSA) is 39.4 Å². The fourth-order valence-electron chi connectivity index (χ4n) is 2.50. The maximum atomic E-state index is 12.9. The summed E-state index contributed by atoms with van der Waals surface area (Å²) in [6.45, 7) is 1.99. The summed E-state index contributed by atoms with van der Waals surface area (Å²) in [6.07, 6.45) is 0.680. The molecule has 0 aliphatic carbocycles. The Morgan fingerprint density at radius 1 is 1.14 bits per heavy atom. The molecule has 0 unspecified atom stereocenters. The molecule has 0 radical (unpaired) electrons. The molecule has 3 heteroatoms. The number of hydrogen-bond acceptors (Lipinski definition) is 3. The van der Waals surface area contributed by atoms with E-state index < -0.39 is 0 Å². The van der Waals surface area contributed by atoms with Crippen molar-refractivity contribution in [1.29, 1.82) is 0 Å². The van der Waals surface area contributed by atoms with Gasteiger partial charge in [-0.05, 0) is 18.2 Å². The molecular weight excluding hydrogens is 264 g/mol. The molecule has 1 aromatic heterocycles. The summed E-state index contributed by atoms with van der Waals surface area (Å²) in [5, 5.41) is 0.863. The normalized spacial score (nSPS) is 10.8. The standard InChI is InChI=1S/C18H16O3/c1-3-15-17(14-9-4-5-10-16(14)21-15)18(19)12-7-6-8-13(11-12)20-2/h4-11H,3H2,1-2H3. The van der Waals surface area contributed by atoms with Crippen molar-refractivity contribution in [1.82, 2.24) is 0 Å². The number of benzene rings is 2. The van der Waals surface area contributed by atoms with Crippen LogP contribution >= 0.6 is 0 Å². The van der Waals surface area contributed by atoms with Gasteiger partial charge in [-0.25, -0.2) is 0 Å². The first-order valence-electron chi connectivity index (χ1n) is 6.93. The highest BCUT2D eigenvalue weighted by molar-refractivity contribution is 6.17. The smallest absolute Gasteiger partial charge is 0.197 e. The monoisotopic (exact) mass is 280 g/mol. The summed E-state index contributed by atoms with van der Waals surface area (Å²) >= 11 is 0. The van der Waals surface area contributed by atoms with Crippen molar-refractivity contribution in [3.05, 3.63) is 65.4 Å². The summed E-state index contributed by atoms with van der Waals surface area (Å²) in [6, 6.07) is 14.8. The molecule has 0 saturated carbocycles. The third-order valence-corrected chi connectivity index (χ3v) is 3.55. The first-order chi connectivity index (χ1) is 10.2. The molecular formula is C18H16O3. The molecule has 0 amide bonds. The van der Waals surface area contributed by atoms with E-state index in [-0.39, 0.29) is 5.78 Å². The predicted molar refractivity (Wildman–Crippen MR) is 82.0 cm³/mol. The van der Waals surface area contributed by atoms with Gasteiger partial charge < -0.3 is 9.15 Å². The van der Waals surface area contributed by atoms with Crippen LogP contribution in [0.3, 0.4) is 0 Å². The lowest BCUT2D eigenvalue weighted by Crippen LogP contribution is -2.03. The van der Waals surface area contributed by atoms with Gasteiger partial charge >= 0.3 is 0 Å². The number of hydrogen-bond donors (Lipinski definition) is 0. The molecule has 106 valence electrons. The largest absolute Gasteiger partial charge is 0.497 e. The van der Waals surface area contributed by atoms with E-state index in [1.807, 2.05) is 43.3 Å². The van der Waals surface area contributed by atoms with E-state index in [1.165, 1.54) is 0 Å². The highest BCUT2D eigenvalue weighted by atomic mass is 16.5. The average Bonchev–Trinajstić information content (AvgIpc) is 2.92. The Hall–Kier alpha value is -2.55. The minimum atomic E-state index is -0.0318. The van der Waals surface area contributed by atoms with Crippen LogP contribution in [0, 0.1) is 0 Å². The van der Waals surface area contributed by atoms with Gasteiger partial charge in [0, 0.05) is 17.4 Å². The van der Waals surface area contributed by atoms with E-state index in [2.05, 4.69) is 0 Å². The second kappa shape index (κ2) is 5.44. The van der Waals surface area contributed by atoms with Crippen LogP contribution in [0.2, 0.25) is 0 Å². The summed E-state index contributed by atoms with van der Waals surface area (Å²) in [5.41, 5.74) is 2.01. The third kappa shape index (κ3) is 2.31. The molecule has 0 N–H and O–H groups in total. The van der Waals surface area contributed by atoms with Gasteiger partial charge in [-0.2, -0.15) is 0 Å². The molecule has 3 rings (SSSR count). The SMILES string of the molecule is CCc1oc2ccccc2c1C(=O)c1cccc(OC)c1. The lowest BCUT2D eigenvalue weighted by Gasteiger charge is -2.04. The molecule has 0 atom stereocenters. The van der Waals surface area contributed by atoms with Crippen molar-refractivity contribution in [3.63, 3.8) is 0 Å². The van der Waals surface area contributed by atoms with E-state index in [9.17, 15) is 4.79 Å². The van der Waals surface area contributed by atoms with E-state index in [1.54, 1.807) is 19.2 Å². The molecule has 0 bridgehead atoms. The van der Waals surface area contributed by atoms with Gasteiger partial charge in [0.1, 0.15) is 17.1 Å². The summed E-state index contributed by atoms with van der Waals surface area (Å²) < 4.78 is 11.0. The Kier molecular flexibility index (Phi) is 3.48. The number of ether oxygens (including phenoxy) is 1. The van der Waals surface area contributed by atoms with Crippen LogP contribution in [0.25, 0.3) is 11.0 Å². The fourth-order valence-corrected chi connectivity index (χ4v) is 2.50. The number of para-hydroxylation sites is 1. The van der Waals surface area contributed by atoms with Crippen LogP contribution in [-0.2, 0) is 6.42 Å². The van der Waals surface area contributed by atoms with Crippen molar-refractivity contribution >= 4 is 16.8 Å². The highest BCUT2D eigenvalue weighted by Crippen LogP contribution is 2.29. The minimum absolute atomic E-state index is 0.0318. The highest BCUT2D eigenvalue weighted by Gasteiger charge is 2.21. The first-order valence-corrected chi connectivity index (χ1v) is 6.93. The molecule has 0 fully saturated rings. The number of furan rings is 1. The molecule has 0 spiro atoms. The quantitative estimate of drug-likeness (QED) is 0.671. The van der Waals surface area contributed by atoms with Crippen molar-refractivity contribution in [2.45, 2.75) is 13.3 Å². The van der Waals surface area contributed by atoms with Crippen LogP contribution in [-0.4, -0.2) is 12.9 Å². The predicted octanol–water partition coefficient (Wildman–Crippen LogP) is 4.23. The Balaban J connectivity index is 2.16. The van der Waals surface area contributed by atoms with Gasteiger partial charge in [0.2, 0.25) is 0 Å². The Morgan fingerprint density at radius 3 is 2.71 bits per heavy atom. The maximum absolute atomic E-state index is 12.9. The zero-order valence-electron chi connectivity index (χ0n) is 12.1.